The second-order valence-corrected chi connectivity index (χ2v) is 5.46. The number of para-hydroxylation sites is 1. The lowest BCUT2D eigenvalue weighted by Gasteiger charge is -2.12. The topological polar surface area (TPSA) is 42.4 Å². The molecule has 0 radical (unpaired) electrons. The molecule has 0 fully saturated rings. The molecule has 0 aliphatic carbocycles. The van der Waals surface area contributed by atoms with E-state index in [1.807, 2.05) is 24.3 Å². The summed E-state index contributed by atoms with van der Waals surface area (Å²) in [5.74, 6) is 0.667. The molecule has 0 spiro atoms. The summed E-state index contributed by atoms with van der Waals surface area (Å²) in [7, 11) is 0. The summed E-state index contributed by atoms with van der Waals surface area (Å²) in [6, 6.07) is 7.53. The van der Waals surface area contributed by atoms with Gasteiger partial charge >= 0.3 is 0 Å². The minimum absolute atomic E-state index is 0.0501. The molecular weight excluding hydrogens is 362 g/mol. The maximum Gasteiger partial charge on any atom is 0.139 e. The van der Waals surface area contributed by atoms with Crippen LogP contribution in [0.1, 0.15) is 11.1 Å². The molecule has 0 bridgehead atoms. The first kappa shape index (κ1) is 13.5. The van der Waals surface area contributed by atoms with Crippen LogP contribution in [-0.4, -0.2) is 10.1 Å². The largest absolute Gasteiger partial charge is 0.487 e. The molecule has 0 unspecified atom stereocenters. The quantitative estimate of drug-likeness (QED) is 0.890. The van der Waals surface area contributed by atoms with Gasteiger partial charge in [0.15, 0.2) is 0 Å². The molecule has 3 nitrogen and oxygen atoms in total. The number of aliphatic hydroxyl groups is 1. The fourth-order valence-electron chi connectivity index (χ4n) is 1.53. The van der Waals surface area contributed by atoms with E-state index in [1.54, 1.807) is 12.4 Å². The molecular formula is C13H11Br2NO2. The van der Waals surface area contributed by atoms with E-state index >= 15 is 0 Å². The predicted octanol–water partition coefficient (Wildman–Crippen LogP) is 3.68. The Balaban J connectivity index is 2.15. The Bertz CT molecular complexity index is 546. The lowest BCUT2D eigenvalue weighted by atomic mass is 10.2. The van der Waals surface area contributed by atoms with Crippen molar-refractivity contribution in [2.45, 2.75) is 13.2 Å². The smallest absolute Gasteiger partial charge is 0.139 e. The normalized spacial score (nSPS) is 10.4. The molecule has 1 heterocycles. The van der Waals surface area contributed by atoms with Crippen molar-refractivity contribution in [3.63, 3.8) is 0 Å². The molecule has 2 rings (SSSR count). The summed E-state index contributed by atoms with van der Waals surface area (Å²) in [6.45, 7) is 0.355. The van der Waals surface area contributed by atoms with Crippen LogP contribution in [0.15, 0.2) is 45.6 Å². The molecule has 2 aromatic rings. The Labute approximate surface area is 122 Å². The molecule has 18 heavy (non-hydrogen) atoms. The molecule has 0 saturated heterocycles. The van der Waals surface area contributed by atoms with E-state index in [2.05, 4.69) is 36.8 Å². The van der Waals surface area contributed by atoms with Crippen LogP contribution >= 0.6 is 31.9 Å². The Morgan fingerprint density at radius 2 is 2.06 bits per heavy atom. The van der Waals surface area contributed by atoms with E-state index in [-0.39, 0.29) is 6.61 Å². The standard InChI is InChI=1S/C13H11Br2NO2/c14-11-4-9(5-16-6-11)8-18-13-10(7-17)2-1-3-12(13)15/h1-6,17H,7-8H2. The number of nitrogens with zero attached hydrogens (tertiary/aromatic N) is 1. The summed E-state index contributed by atoms with van der Waals surface area (Å²) in [5, 5.41) is 9.26. The van der Waals surface area contributed by atoms with Gasteiger partial charge in [-0.1, -0.05) is 12.1 Å². The van der Waals surface area contributed by atoms with Crippen LogP contribution in [0.5, 0.6) is 5.75 Å². The van der Waals surface area contributed by atoms with Crippen molar-refractivity contribution in [3.05, 3.63) is 56.7 Å². The number of benzene rings is 1. The highest BCUT2D eigenvalue weighted by atomic mass is 79.9. The van der Waals surface area contributed by atoms with Crippen molar-refractivity contribution in [1.82, 2.24) is 4.98 Å². The third kappa shape index (κ3) is 3.31. The highest BCUT2D eigenvalue weighted by molar-refractivity contribution is 9.10. The van der Waals surface area contributed by atoms with Gasteiger partial charge in [-0.25, -0.2) is 0 Å². The second-order valence-electron chi connectivity index (χ2n) is 3.69. The first-order valence-electron chi connectivity index (χ1n) is 5.31. The first-order chi connectivity index (χ1) is 8.70. The average molecular weight is 373 g/mol. The van der Waals surface area contributed by atoms with Gasteiger partial charge in [-0.05, 0) is 44.0 Å². The fourth-order valence-corrected chi connectivity index (χ4v) is 2.46. The zero-order chi connectivity index (χ0) is 13.0. The SMILES string of the molecule is OCc1cccc(Br)c1OCc1cncc(Br)c1. The Hall–Kier alpha value is -0.910. The Morgan fingerprint density at radius 3 is 2.78 bits per heavy atom. The van der Waals surface area contributed by atoms with Crippen LogP contribution in [-0.2, 0) is 13.2 Å². The van der Waals surface area contributed by atoms with Crippen molar-refractivity contribution in [1.29, 1.82) is 0 Å². The summed E-state index contributed by atoms with van der Waals surface area (Å²) >= 11 is 6.78. The van der Waals surface area contributed by atoms with Crippen molar-refractivity contribution < 1.29 is 9.84 Å². The molecule has 5 heteroatoms. The number of hydrogen-bond acceptors (Lipinski definition) is 3. The van der Waals surface area contributed by atoms with Crippen LogP contribution in [0.4, 0.5) is 0 Å². The van der Waals surface area contributed by atoms with E-state index < -0.39 is 0 Å². The summed E-state index contributed by atoms with van der Waals surface area (Å²) in [4.78, 5) is 4.07. The lowest BCUT2D eigenvalue weighted by Crippen LogP contribution is -2.00. The van der Waals surface area contributed by atoms with Gasteiger partial charge in [-0.3, -0.25) is 4.98 Å². The third-order valence-electron chi connectivity index (χ3n) is 2.36. The lowest BCUT2D eigenvalue weighted by molar-refractivity contribution is 0.258. The van der Waals surface area contributed by atoms with Gasteiger partial charge in [0.1, 0.15) is 12.4 Å². The summed E-state index contributed by atoms with van der Waals surface area (Å²) in [6.07, 6.45) is 3.47. The van der Waals surface area contributed by atoms with E-state index in [1.165, 1.54) is 0 Å². The van der Waals surface area contributed by atoms with Gasteiger partial charge in [-0.2, -0.15) is 0 Å². The highest BCUT2D eigenvalue weighted by Gasteiger charge is 2.07. The van der Waals surface area contributed by atoms with Crippen molar-refractivity contribution in [2.24, 2.45) is 0 Å². The monoisotopic (exact) mass is 371 g/mol. The van der Waals surface area contributed by atoms with Gasteiger partial charge in [0.2, 0.25) is 0 Å². The van der Waals surface area contributed by atoms with Gasteiger partial charge in [0.25, 0.3) is 0 Å². The molecule has 0 atom stereocenters. The van der Waals surface area contributed by atoms with Crippen LogP contribution in [0.2, 0.25) is 0 Å². The van der Waals surface area contributed by atoms with Gasteiger partial charge in [0.05, 0.1) is 11.1 Å². The van der Waals surface area contributed by atoms with Crippen LogP contribution < -0.4 is 4.74 Å². The molecule has 94 valence electrons. The molecule has 1 aromatic heterocycles. The van der Waals surface area contributed by atoms with E-state index in [9.17, 15) is 5.11 Å². The maximum absolute atomic E-state index is 9.26. The summed E-state index contributed by atoms with van der Waals surface area (Å²) in [5.41, 5.74) is 1.72. The van der Waals surface area contributed by atoms with Crippen LogP contribution in [0, 0.1) is 0 Å². The maximum atomic E-state index is 9.26. The molecule has 0 amide bonds. The van der Waals surface area contributed by atoms with Crippen molar-refractivity contribution in [2.75, 3.05) is 0 Å². The van der Waals surface area contributed by atoms with E-state index in [0.717, 1.165) is 20.1 Å². The van der Waals surface area contributed by atoms with Gasteiger partial charge < -0.3 is 9.84 Å². The number of ether oxygens (including phenoxy) is 1. The van der Waals surface area contributed by atoms with E-state index in [0.29, 0.717) is 12.4 Å². The Morgan fingerprint density at radius 1 is 1.22 bits per heavy atom. The van der Waals surface area contributed by atoms with Crippen LogP contribution in [0.25, 0.3) is 0 Å². The Kier molecular flexibility index (Phi) is 4.74. The first-order valence-corrected chi connectivity index (χ1v) is 6.90. The number of hydrogen-bond donors (Lipinski definition) is 1. The number of halogens is 2. The minimum Gasteiger partial charge on any atom is -0.487 e. The third-order valence-corrected chi connectivity index (χ3v) is 3.42. The molecule has 0 aliphatic rings. The van der Waals surface area contributed by atoms with Crippen molar-refractivity contribution >= 4 is 31.9 Å². The van der Waals surface area contributed by atoms with Crippen LogP contribution in [0.3, 0.4) is 0 Å². The highest BCUT2D eigenvalue weighted by Crippen LogP contribution is 2.29. The molecule has 0 saturated carbocycles. The molecule has 1 N–H and O–H groups in total. The average Bonchev–Trinajstić information content (AvgIpc) is 2.37. The number of rotatable bonds is 4. The second kappa shape index (κ2) is 6.31. The minimum atomic E-state index is -0.0501. The molecule has 1 aromatic carbocycles. The van der Waals surface area contributed by atoms with Crippen molar-refractivity contribution in [3.8, 4) is 5.75 Å². The number of aromatic nitrogens is 1. The number of pyridine rings is 1. The number of aliphatic hydroxyl groups excluding tert-OH is 1. The zero-order valence-electron chi connectivity index (χ0n) is 9.44. The van der Waals surface area contributed by atoms with Gasteiger partial charge in [0, 0.05) is 28.0 Å². The fraction of sp³-hybridized carbons (Fsp3) is 0.154. The van der Waals surface area contributed by atoms with Gasteiger partial charge in [-0.15, -0.1) is 0 Å². The predicted molar refractivity (Wildman–Crippen MR) is 76.3 cm³/mol. The zero-order valence-corrected chi connectivity index (χ0v) is 12.6. The summed E-state index contributed by atoms with van der Waals surface area (Å²) < 4.78 is 7.48. The molecule has 0 aliphatic heterocycles. The van der Waals surface area contributed by atoms with E-state index in [4.69, 9.17) is 4.74 Å².